The van der Waals surface area contributed by atoms with Crippen LogP contribution in [0.1, 0.15) is 50.5 Å². The van der Waals surface area contributed by atoms with Crippen LogP contribution in [0.15, 0.2) is 65.6 Å². The third-order valence-electron chi connectivity index (χ3n) is 7.43. The monoisotopic (exact) mass is 513 g/mol. The van der Waals surface area contributed by atoms with Gasteiger partial charge in [0.05, 0.1) is 4.90 Å². The molecule has 0 radical (unpaired) electrons. The van der Waals surface area contributed by atoms with Crippen LogP contribution in [0.3, 0.4) is 0 Å². The van der Waals surface area contributed by atoms with Crippen molar-refractivity contribution in [1.82, 2.24) is 14.7 Å². The largest absolute Gasteiger partial charge is 0.356 e. The fraction of sp³-hybridized carbons (Fsp3) is 0.481. The second-order valence-corrected chi connectivity index (χ2v) is 11.5. The lowest BCUT2D eigenvalue weighted by atomic mass is 9.71. The van der Waals surface area contributed by atoms with Gasteiger partial charge in [-0.15, -0.1) is 0 Å². The van der Waals surface area contributed by atoms with Gasteiger partial charge in [0.25, 0.3) is 10.0 Å². The molecular formula is C27H35N3O5S. The number of likely N-dealkylation sites (tertiary alicyclic amines) is 2. The highest BCUT2D eigenvalue weighted by Crippen LogP contribution is 2.41. The van der Waals surface area contributed by atoms with Crippen molar-refractivity contribution in [3.63, 3.8) is 0 Å². The standard InChI is InChI=1S/C27H35N3O5S/c31-25(12-7-13-26(32)35-28-36(33,34)24-10-5-2-6-11-24)30-20-16-27(17-21-30)14-18-29(19-15-27)22-23-8-3-1-4-9-23/h1-6,8-11,28H,7,12-22H2. The fourth-order valence-corrected chi connectivity index (χ4v) is 5.91. The number of hydrogen-bond acceptors (Lipinski definition) is 6. The van der Waals surface area contributed by atoms with E-state index in [9.17, 15) is 18.0 Å². The Hall–Kier alpha value is -2.75. The van der Waals surface area contributed by atoms with Gasteiger partial charge in [-0.05, 0) is 73.2 Å². The molecule has 36 heavy (non-hydrogen) atoms. The number of sulfonamides is 1. The SMILES string of the molecule is O=C(CCCC(=O)N1CCC2(CCN(Cc3ccccc3)CC2)CC1)ONS(=O)(=O)c1ccccc1. The Morgan fingerprint density at radius 3 is 2.06 bits per heavy atom. The number of nitrogens with one attached hydrogen (secondary N) is 1. The van der Waals surface area contributed by atoms with Crippen LogP contribution in [0.2, 0.25) is 0 Å². The first kappa shape index (κ1) is 26.3. The van der Waals surface area contributed by atoms with Gasteiger partial charge in [0, 0.05) is 32.5 Å². The number of rotatable bonds is 9. The topological polar surface area (TPSA) is 96.0 Å². The Kier molecular flexibility index (Phi) is 8.77. The number of piperidine rings is 2. The highest BCUT2D eigenvalue weighted by molar-refractivity contribution is 7.89. The zero-order chi connectivity index (χ0) is 25.4. The van der Waals surface area contributed by atoms with Crippen LogP contribution in [0.4, 0.5) is 0 Å². The summed E-state index contributed by atoms with van der Waals surface area (Å²) in [7, 11) is -3.92. The lowest BCUT2D eigenvalue weighted by Gasteiger charge is -2.47. The normalized spacial score (nSPS) is 18.2. The average molecular weight is 514 g/mol. The summed E-state index contributed by atoms with van der Waals surface area (Å²) in [5.74, 6) is -0.661. The third-order valence-corrected chi connectivity index (χ3v) is 8.63. The first-order valence-electron chi connectivity index (χ1n) is 12.7. The first-order valence-corrected chi connectivity index (χ1v) is 14.1. The molecule has 2 aromatic rings. The fourth-order valence-electron chi connectivity index (χ4n) is 5.10. The number of carbonyl (C=O) groups is 2. The van der Waals surface area contributed by atoms with Gasteiger partial charge in [-0.3, -0.25) is 14.5 Å². The molecule has 2 aromatic carbocycles. The van der Waals surface area contributed by atoms with Crippen molar-refractivity contribution >= 4 is 21.9 Å². The predicted molar refractivity (Wildman–Crippen MR) is 136 cm³/mol. The van der Waals surface area contributed by atoms with E-state index >= 15 is 0 Å². The Balaban J connectivity index is 1.12. The molecule has 0 saturated carbocycles. The van der Waals surface area contributed by atoms with Gasteiger partial charge in [0.2, 0.25) is 5.91 Å². The molecule has 194 valence electrons. The van der Waals surface area contributed by atoms with Crippen LogP contribution >= 0.6 is 0 Å². The zero-order valence-corrected chi connectivity index (χ0v) is 21.4. The maximum atomic E-state index is 12.7. The van der Waals surface area contributed by atoms with E-state index in [1.807, 2.05) is 15.9 Å². The van der Waals surface area contributed by atoms with E-state index in [2.05, 4.69) is 29.2 Å². The molecule has 1 spiro atoms. The van der Waals surface area contributed by atoms with Crippen molar-refractivity contribution in [3.8, 4) is 0 Å². The first-order chi connectivity index (χ1) is 17.4. The third kappa shape index (κ3) is 7.15. The zero-order valence-electron chi connectivity index (χ0n) is 20.6. The summed E-state index contributed by atoms with van der Waals surface area (Å²) in [6.07, 6.45) is 4.94. The van der Waals surface area contributed by atoms with E-state index in [0.29, 0.717) is 11.8 Å². The van der Waals surface area contributed by atoms with Crippen LogP contribution < -0.4 is 4.89 Å². The molecule has 2 fully saturated rings. The van der Waals surface area contributed by atoms with Crippen molar-refractivity contribution in [3.05, 3.63) is 66.2 Å². The van der Waals surface area contributed by atoms with E-state index in [-0.39, 0.29) is 23.6 Å². The van der Waals surface area contributed by atoms with Crippen molar-refractivity contribution in [2.75, 3.05) is 26.2 Å². The van der Waals surface area contributed by atoms with E-state index in [1.165, 1.54) is 30.5 Å². The molecule has 0 aliphatic carbocycles. The lowest BCUT2D eigenvalue weighted by molar-refractivity contribution is -0.147. The van der Waals surface area contributed by atoms with Crippen LogP contribution in [-0.2, 0) is 31.0 Å². The molecular weight excluding hydrogens is 478 g/mol. The Bertz CT molecular complexity index is 1110. The summed E-state index contributed by atoms with van der Waals surface area (Å²) in [5.41, 5.74) is 1.69. The van der Waals surface area contributed by atoms with Gasteiger partial charge >= 0.3 is 5.97 Å². The molecule has 2 heterocycles. The van der Waals surface area contributed by atoms with Crippen LogP contribution in [0.25, 0.3) is 0 Å². The minimum atomic E-state index is -3.92. The maximum absolute atomic E-state index is 12.7. The molecule has 1 amide bonds. The van der Waals surface area contributed by atoms with Gasteiger partial charge in [-0.2, -0.15) is 0 Å². The number of carbonyl (C=O) groups excluding carboxylic acids is 2. The van der Waals surface area contributed by atoms with E-state index in [4.69, 9.17) is 4.84 Å². The molecule has 2 aliphatic rings. The van der Waals surface area contributed by atoms with Gasteiger partial charge < -0.3 is 9.74 Å². The molecule has 8 nitrogen and oxygen atoms in total. The molecule has 2 saturated heterocycles. The van der Waals surface area contributed by atoms with Crippen LogP contribution in [0, 0.1) is 5.41 Å². The smallest absolute Gasteiger partial charge is 0.326 e. The van der Waals surface area contributed by atoms with Crippen LogP contribution in [-0.4, -0.2) is 56.3 Å². The Morgan fingerprint density at radius 2 is 1.42 bits per heavy atom. The molecule has 2 aliphatic heterocycles. The van der Waals surface area contributed by atoms with Crippen molar-refractivity contribution in [2.24, 2.45) is 5.41 Å². The molecule has 0 unspecified atom stereocenters. The number of hydrogen-bond donors (Lipinski definition) is 1. The average Bonchev–Trinajstić information content (AvgIpc) is 2.90. The minimum Gasteiger partial charge on any atom is -0.356 e. The Labute approximate surface area is 213 Å². The van der Waals surface area contributed by atoms with Crippen molar-refractivity contribution in [2.45, 2.75) is 56.4 Å². The quantitative estimate of drug-likeness (QED) is 0.516. The summed E-state index contributed by atoms with van der Waals surface area (Å²) < 4.78 is 24.2. The highest BCUT2D eigenvalue weighted by atomic mass is 32.2. The molecule has 0 atom stereocenters. The molecule has 9 heteroatoms. The lowest BCUT2D eigenvalue weighted by Crippen LogP contribution is -2.48. The number of amides is 1. The van der Waals surface area contributed by atoms with Crippen LogP contribution in [0.5, 0.6) is 0 Å². The molecule has 4 rings (SSSR count). The van der Waals surface area contributed by atoms with Gasteiger partial charge in [0.1, 0.15) is 0 Å². The Morgan fingerprint density at radius 1 is 0.833 bits per heavy atom. The van der Waals surface area contributed by atoms with E-state index in [0.717, 1.165) is 45.6 Å². The summed E-state index contributed by atoms with van der Waals surface area (Å²) >= 11 is 0. The summed E-state index contributed by atoms with van der Waals surface area (Å²) in [5, 5.41) is 0. The molecule has 0 aromatic heterocycles. The summed E-state index contributed by atoms with van der Waals surface area (Å²) in [4.78, 5) is 35.6. The second-order valence-electron chi connectivity index (χ2n) is 9.87. The van der Waals surface area contributed by atoms with E-state index in [1.54, 1.807) is 18.2 Å². The van der Waals surface area contributed by atoms with Crippen molar-refractivity contribution in [1.29, 1.82) is 0 Å². The number of nitrogens with zero attached hydrogens (tertiary/aromatic N) is 2. The highest BCUT2D eigenvalue weighted by Gasteiger charge is 2.38. The van der Waals surface area contributed by atoms with Gasteiger partial charge in [-0.25, -0.2) is 8.42 Å². The van der Waals surface area contributed by atoms with Gasteiger partial charge in [0.15, 0.2) is 0 Å². The number of benzene rings is 2. The maximum Gasteiger partial charge on any atom is 0.326 e. The summed E-state index contributed by atoms with van der Waals surface area (Å²) in [6, 6.07) is 18.3. The second kappa shape index (κ2) is 12.0. The minimum absolute atomic E-state index is 0.0118. The summed E-state index contributed by atoms with van der Waals surface area (Å²) in [6.45, 7) is 4.72. The van der Waals surface area contributed by atoms with Crippen molar-refractivity contribution < 1.29 is 22.8 Å². The van der Waals surface area contributed by atoms with E-state index < -0.39 is 16.0 Å². The molecule has 1 N–H and O–H groups in total. The van der Waals surface area contributed by atoms with Gasteiger partial charge in [-0.1, -0.05) is 48.5 Å². The predicted octanol–water partition coefficient (Wildman–Crippen LogP) is 3.50. The molecule has 0 bridgehead atoms.